The summed E-state index contributed by atoms with van der Waals surface area (Å²) in [7, 11) is -3.55. The molecule has 8 heteroatoms. The predicted molar refractivity (Wildman–Crippen MR) is 108 cm³/mol. The maximum atomic E-state index is 6.48. The van der Waals surface area contributed by atoms with E-state index in [0.29, 0.717) is 13.2 Å². The molecule has 24 heavy (non-hydrogen) atoms. The molecule has 0 rings (SSSR count). The van der Waals surface area contributed by atoms with Gasteiger partial charge in [0.1, 0.15) is 0 Å². The van der Waals surface area contributed by atoms with Crippen molar-refractivity contribution in [3.63, 3.8) is 0 Å². The molecule has 0 saturated heterocycles. The molecule has 0 radical (unpaired) electrons. The zero-order valence-corrected chi connectivity index (χ0v) is 20.2. The van der Waals surface area contributed by atoms with Gasteiger partial charge in [0.05, 0.1) is 13.2 Å². The third-order valence-electron chi connectivity index (χ3n) is 3.15. The molecule has 0 bridgehead atoms. The van der Waals surface area contributed by atoms with Gasteiger partial charge in [-0.3, -0.25) is 0 Å². The van der Waals surface area contributed by atoms with E-state index in [2.05, 4.69) is 45.8 Å². The van der Waals surface area contributed by atoms with Gasteiger partial charge in [0.25, 0.3) is 0 Å². The number of hydrogen-bond acceptors (Lipinski definition) is 5. The van der Waals surface area contributed by atoms with Gasteiger partial charge >= 0.3 is 8.56 Å². The molecule has 0 aromatic carbocycles. The Morgan fingerprint density at radius 2 is 1.17 bits per heavy atom. The standard InChI is InChI=1S/C16H40O5Si3/c1-17-11-9-12-18-14-15-19-13-10-16-23(5,6)21-24(7,8)20-22(2,3)4/h9-16H2,1-8H3. The summed E-state index contributed by atoms with van der Waals surface area (Å²) in [5, 5.41) is 0. The van der Waals surface area contributed by atoms with E-state index >= 15 is 0 Å². The first kappa shape index (κ1) is 24.5. The fraction of sp³-hybridized carbons (Fsp3) is 1.00. The van der Waals surface area contributed by atoms with Gasteiger partial charge in [-0.1, -0.05) is 0 Å². The molecular weight excluding hydrogens is 356 g/mol. The molecule has 0 aliphatic heterocycles. The zero-order chi connectivity index (χ0) is 18.7. The van der Waals surface area contributed by atoms with E-state index in [4.69, 9.17) is 22.4 Å². The van der Waals surface area contributed by atoms with Crippen LogP contribution in [0.15, 0.2) is 0 Å². The van der Waals surface area contributed by atoms with E-state index in [1.807, 2.05) is 0 Å². The van der Waals surface area contributed by atoms with Crippen molar-refractivity contribution in [2.75, 3.05) is 40.1 Å². The summed E-state index contributed by atoms with van der Waals surface area (Å²) in [6.45, 7) is 19.2. The lowest BCUT2D eigenvalue weighted by Gasteiger charge is -2.37. The molecule has 0 heterocycles. The largest absolute Gasteiger partial charge is 0.437 e. The molecule has 0 amide bonds. The molecular formula is C16H40O5Si3. The highest BCUT2D eigenvalue weighted by molar-refractivity contribution is 6.87. The van der Waals surface area contributed by atoms with Gasteiger partial charge in [-0.2, -0.15) is 0 Å². The molecule has 0 atom stereocenters. The van der Waals surface area contributed by atoms with Crippen LogP contribution in [0.4, 0.5) is 0 Å². The van der Waals surface area contributed by atoms with Gasteiger partial charge in [-0.15, -0.1) is 0 Å². The van der Waals surface area contributed by atoms with Crippen LogP contribution >= 0.6 is 0 Å². The van der Waals surface area contributed by atoms with E-state index in [-0.39, 0.29) is 0 Å². The maximum Gasteiger partial charge on any atom is 0.311 e. The minimum Gasteiger partial charge on any atom is -0.437 e. The second-order valence-electron chi connectivity index (χ2n) is 8.15. The molecule has 146 valence electrons. The van der Waals surface area contributed by atoms with E-state index in [1.165, 1.54) is 0 Å². The van der Waals surface area contributed by atoms with Crippen molar-refractivity contribution in [1.29, 1.82) is 0 Å². The van der Waals surface area contributed by atoms with Crippen molar-refractivity contribution in [2.24, 2.45) is 0 Å². The van der Waals surface area contributed by atoms with Crippen LogP contribution in [-0.2, 0) is 22.4 Å². The average molecular weight is 397 g/mol. The number of methoxy groups -OCH3 is 1. The van der Waals surface area contributed by atoms with Crippen LogP contribution in [-0.4, -0.2) is 65.3 Å². The summed E-state index contributed by atoms with van der Waals surface area (Å²) in [6, 6.07) is 1.10. The van der Waals surface area contributed by atoms with E-state index in [0.717, 1.165) is 38.7 Å². The quantitative estimate of drug-likeness (QED) is 0.306. The van der Waals surface area contributed by atoms with Crippen molar-refractivity contribution < 1.29 is 22.4 Å². The molecule has 0 N–H and O–H groups in total. The van der Waals surface area contributed by atoms with Crippen LogP contribution in [0.3, 0.4) is 0 Å². The minimum absolute atomic E-state index is 0.658. The van der Waals surface area contributed by atoms with Crippen molar-refractivity contribution in [1.82, 2.24) is 0 Å². The first-order valence-electron chi connectivity index (χ1n) is 9.02. The summed E-state index contributed by atoms with van der Waals surface area (Å²) in [6.07, 6.45) is 1.98. The Morgan fingerprint density at radius 3 is 1.67 bits per heavy atom. The Hall–Kier alpha value is 0.451. The highest BCUT2D eigenvalue weighted by Gasteiger charge is 2.37. The molecule has 0 aliphatic rings. The lowest BCUT2D eigenvalue weighted by Crippen LogP contribution is -2.51. The number of rotatable bonds is 15. The highest BCUT2D eigenvalue weighted by Crippen LogP contribution is 2.23. The Labute approximate surface area is 152 Å². The van der Waals surface area contributed by atoms with Gasteiger partial charge in [0, 0.05) is 26.9 Å². The molecule has 0 fully saturated rings. The fourth-order valence-corrected chi connectivity index (χ4v) is 15.9. The Kier molecular flexibility index (Phi) is 12.2. The van der Waals surface area contributed by atoms with E-state index < -0.39 is 25.2 Å². The second kappa shape index (κ2) is 11.9. The SMILES string of the molecule is COCCCOCCOCCC[Si](C)(C)O[Si](C)(C)O[Si](C)(C)C. The summed E-state index contributed by atoms with van der Waals surface area (Å²) >= 11 is 0. The topological polar surface area (TPSA) is 46.2 Å². The Morgan fingerprint density at radius 1 is 0.625 bits per heavy atom. The highest BCUT2D eigenvalue weighted by atomic mass is 28.5. The zero-order valence-electron chi connectivity index (χ0n) is 17.2. The lowest BCUT2D eigenvalue weighted by atomic mass is 10.5. The summed E-state index contributed by atoms with van der Waals surface area (Å²) in [5.41, 5.74) is 0. The van der Waals surface area contributed by atoms with Gasteiger partial charge in [-0.05, 0) is 64.7 Å². The van der Waals surface area contributed by atoms with Gasteiger partial charge in [-0.25, -0.2) is 0 Å². The van der Waals surface area contributed by atoms with Crippen LogP contribution in [0, 0.1) is 0 Å². The van der Waals surface area contributed by atoms with Gasteiger partial charge in [0.2, 0.25) is 0 Å². The van der Waals surface area contributed by atoms with Crippen LogP contribution in [0.1, 0.15) is 12.8 Å². The van der Waals surface area contributed by atoms with Crippen LogP contribution in [0.25, 0.3) is 0 Å². The molecule has 5 nitrogen and oxygen atoms in total. The lowest BCUT2D eigenvalue weighted by molar-refractivity contribution is 0.0399. The average Bonchev–Trinajstić information content (AvgIpc) is 2.36. The van der Waals surface area contributed by atoms with E-state index in [9.17, 15) is 0 Å². The Balaban J connectivity index is 3.77. The summed E-state index contributed by atoms with van der Waals surface area (Å²) < 4.78 is 28.9. The van der Waals surface area contributed by atoms with Gasteiger partial charge < -0.3 is 22.4 Å². The minimum atomic E-state index is -2.02. The number of hydrogen-bond donors (Lipinski definition) is 0. The van der Waals surface area contributed by atoms with Crippen LogP contribution in [0.2, 0.25) is 51.9 Å². The van der Waals surface area contributed by atoms with Crippen molar-refractivity contribution in [2.45, 2.75) is 64.7 Å². The second-order valence-corrected chi connectivity index (χ2v) is 20.8. The smallest absolute Gasteiger partial charge is 0.311 e. The monoisotopic (exact) mass is 396 g/mol. The van der Waals surface area contributed by atoms with Crippen molar-refractivity contribution >= 4 is 25.2 Å². The molecule has 0 aromatic heterocycles. The number of ether oxygens (including phenoxy) is 3. The first-order chi connectivity index (χ1) is 11.0. The van der Waals surface area contributed by atoms with Crippen LogP contribution < -0.4 is 0 Å². The summed E-state index contributed by atoms with van der Waals surface area (Å²) in [5.74, 6) is 0. The van der Waals surface area contributed by atoms with Crippen molar-refractivity contribution in [3.8, 4) is 0 Å². The molecule has 0 spiro atoms. The maximum absolute atomic E-state index is 6.48. The predicted octanol–water partition coefficient (Wildman–Crippen LogP) is 4.22. The van der Waals surface area contributed by atoms with Crippen molar-refractivity contribution in [3.05, 3.63) is 0 Å². The normalized spacial score (nSPS) is 13.5. The third-order valence-corrected chi connectivity index (χ3v) is 13.3. The molecule has 0 saturated carbocycles. The fourth-order valence-electron chi connectivity index (χ4n) is 2.70. The molecule has 0 aliphatic carbocycles. The molecule has 0 unspecified atom stereocenters. The Bertz CT molecular complexity index is 319. The first-order valence-corrected chi connectivity index (χ1v) is 18.4. The summed E-state index contributed by atoms with van der Waals surface area (Å²) in [4.78, 5) is 0. The third kappa shape index (κ3) is 15.9. The van der Waals surface area contributed by atoms with Gasteiger partial charge in [0.15, 0.2) is 16.6 Å². The molecule has 0 aromatic rings. The van der Waals surface area contributed by atoms with E-state index in [1.54, 1.807) is 7.11 Å². The van der Waals surface area contributed by atoms with Crippen LogP contribution in [0.5, 0.6) is 0 Å².